The second-order valence-electron chi connectivity index (χ2n) is 4.85. The molecule has 0 saturated carbocycles. The second kappa shape index (κ2) is 4.88. The van der Waals surface area contributed by atoms with Crippen LogP contribution in [-0.2, 0) is 0 Å². The lowest BCUT2D eigenvalue weighted by atomic mass is 9.91. The van der Waals surface area contributed by atoms with Gasteiger partial charge in [0.15, 0.2) is 0 Å². The van der Waals surface area contributed by atoms with Crippen LogP contribution >= 0.6 is 0 Å². The highest BCUT2D eigenvalue weighted by Gasteiger charge is 2.15. The minimum absolute atomic E-state index is 0.699. The number of nitrogens with zero attached hydrogens (tertiary/aromatic N) is 2. The fraction of sp³-hybridized carbons (Fsp3) is 0.500. The third kappa shape index (κ3) is 2.34. The lowest BCUT2D eigenvalue weighted by Gasteiger charge is -2.23. The van der Waals surface area contributed by atoms with Crippen LogP contribution < -0.4 is 10.2 Å². The van der Waals surface area contributed by atoms with Crippen LogP contribution in [0.15, 0.2) is 29.3 Å². The Balaban J connectivity index is 1.72. The first kappa shape index (κ1) is 10.8. The molecule has 0 aliphatic carbocycles. The van der Waals surface area contributed by atoms with E-state index in [0.29, 0.717) is 5.92 Å². The summed E-state index contributed by atoms with van der Waals surface area (Å²) in [5, 5.41) is 3.47. The van der Waals surface area contributed by atoms with E-state index < -0.39 is 0 Å². The summed E-state index contributed by atoms with van der Waals surface area (Å²) >= 11 is 0. The summed E-state index contributed by atoms with van der Waals surface area (Å²) in [6.45, 7) is 4.25. The smallest absolute Gasteiger partial charge is 0.0895 e. The Morgan fingerprint density at radius 2 is 2.12 bits per heavy atom. The second-order valence-corrected chi connectivity index (χ2v) is 4.85. The lowest BCUT2D eigenvalue weighted by Crippen LogP contribution is -2.28. The molecule has 3 nitrogen and oxygen atoms in total. The molecule has 1 saturated heterocycles. The van der Waals surface area contributed by atoms with Gasteiger partial charge in [0.2, 0.25) is 0 Å². The normalized spacial score (nSPS) is 24.2. The van der Waals surface area contributed by atoms with E-state index in [1.54, 1.807) is 0 Å². The summed E-state index contributed by atoms with van der Waals surface area (Å²) < 4.78 is 0. The molecule has 1 fully saturated rings. The molecule has 17 heavy (non-hydrogen) atoms. The number of aliphatic imine (C=N–C) groups is 1. The maximum Gasteiger partial charge on any atom is 0.0895 e. The topological polar surface area (TPSA) is 27.6 Å². The van der Waals surface area contributed by atoms with Crippen molar-refractivity contribution >= 4 is 12.0 Å². The number of anilines is 1. The molecular weight excluding hydrogens is 210 g/mol. The minimum atomic E-state index is 0.699. The van der Waals surface area contributed by atoms with Crippen molar-refractivity contribution in [2.75, 3.05) is 31.1 Å². The van der Waals surface area contributed by atoms with Crippen LogP contribution in [0.3, 0.4) is 0 Å². The zero-order valence-corrected chi connectivity index (χ0v) is 10.1. The highest BCUT2D eigenvalue weighted by molar-refractivity contribution is 5.80. The predicted molar refractivity (Wildman–Crippen MR) is 72.0 cm³/mol. The molecule has 1 unspecified atom stereocenters. The molecule has 90 valence electrons. The average Bonchev–Trinajstić information content (AvgIpc) is 2.94. The van der Waals surface area contributed by atoms with Gasteiger partial charge in [0.25, 0.3) is 0 Å². The first-order chi connectivity index (χ1) is 8.43. The van der Waals surface area contributed by atoms with Crippen molar-refractivity contribution in [2.24, 2.45) is 4.99 Å². The fourth-order valence-electron chi connectivity index (χ4n) is 2.65. The predicted octanol–water partition coefficient (Wildman–Crippen LogP) is 2.00. The summed E-state index contributed by atoms with van der Waals surface area (Å²) in [6.07, 6.45) is 4.56. The van der Waals surface area contributed by atoms with Gasteiger partial charge in [-0.15, -0.1) is 0 Å². The van der Waals surface area contributed by atoms with E-state index in [9.17, 15) is 0 Å². The maximum absolute atomic E-state index is 4.24. The van der Waals surface area contributed by atoms with Gasteiger partial charge in [-0.2, -0.15) is 0 Å². The Morgan fingerprint density at radius 3 is 2.76 bits per heavy atom. The van der Waals surface area contributed by atoms with Gasteiger partial charge in [0.1, 0.15) is 0 Å². The summed E-state index contributed by atoms with van der Waals surface area (Å²) in [4.78, 5) is 6.46. The van der Waals surface area contributed by atoms with E-state index in [-0.39, 0.29) is 0 Å². The van der Waals surface area contributed by atoms with Crippen molar-refractivity contribution in [3.05, 3.63) is 29.8 Å². The van der Waals surface area contributed by atoms with Gasteiger partial charge < -0.3 is 10.2 Å². The SMILES string of the molecule is C1=NCCN1c1ccc(C2CCCNC2)cc1. The lowest BCUT2D eigenvalue weighted by molar-refractivity contribution is 0.461. The van der Waals surface area contributed by atoms with Crippen molar-refractivity contribution in [1.29, 1.82) is 0 Å². The minimum Gasteiger partial charge on any atom is -0.331 e. The molecule has 1 N–H and O–H groups in total. The third-order valence-corrected chi connectivity index (χ3v) is 3.68. The Bertz CT molecular complexity index is 390. The van der Waals surface area contributed by atoms with Gasteiger partial charge in [0, 0.05) is 18.8 Å². The van der Waals surface area contributed by atoms with E-state index in [4.69, 9.17) is 0 Å². The Morgan fingerprint density at radius 1 is 1.24 bits per heavy atom. The highest BCUT2D eigenvalue weighted by atomic mass is 15.2. The first-order valence-corrected chi connectivity index (χ1v) is 6.51. The molecule has 0 aromatic heterocycles. The molecule has 2 aliphatic heterocycles. The van der Waals surface area contributed by atoms with E-state index >= 15 is 0 Å². The van der Waals surface area contributed by atoms with Crippen molar-refractivity contribution in [1.82, 2.24) is 5.32 Å². The molecule has 1 aromatic rings. The Labute approximate surface area is 103 Å². The van der Waals surface area contributed by atoms with E-state index in [0.717, 1.165) is 19.6 Å². The molecule has 0 spiro atoms. The summed E-state index contributed by atoms with van der Waals surface area (Å²) in [7, 11) is 0. The zero-order valence-electron chi connectivity index (χ0n) is 10.1. The van der Waals surface area contributed by atoms with Crippen LogP contribution in [0.1, 0.15) is 24.3 Å². The number of piperidine rings is 1. The van der Waals surface area contributed by atoms with Gasteiger partial charge >= 0.3 is 0 Å². The van der Waals surface area contributed by atoms with Crippen molar-refractivity contribution in [2.45, 2.75) is 18.8 Å². The summed E-state index contributed by atoms with van der Waals surface area (Å²) in [6, 6.07) is 9.00. The fourth-order valence-corrected chi connectivity index (χ4v) is 2.65. The molecule has 3 rings (SSSR count). The number of nitrogens with one attached hydrogen (secondary N) is 1. The molecule has 3 heteroatoms. The highest BCUT2D eigenvalue weighted by Crippen LogP contribution is 2.25. The standard InChI is InChI=1S/C14H19N3/c1-2-13(10-15-7-1)12-3-5-14(6-4-12)17-9-8-16-11-17/h3-6,11,13,15H,1-2,7-10H2. The van der Waals surface area contributed by atoms with Crippen molar-refractivity contribution in [3.8, 4) is 0 Å². The molecule has 1 atom stereocenters. The Kier molecular flexibility index (Phi) is 3.10. The van der Waals surface area contributed by atoms with Crippen molar-refractivity contribution in [3.63, 3.8) is 0 Å². The van der Waals surface area contributed by atoms with E-state index in [2.05, 4.69) is 39.5 Å². The largest absolute Gasteiger partial charge is 0.331 e. The molecule has 0 radical (unpaired) electrons. The zero-order chi connectivity index (χ0) is 11.5. The number of benzene rings is 1. The molecule has 1 aromatic carbocycles. The third-order valence-electron chi connectivity index (χ3n) is 3.68. The van der Waals surface area contributed by atoms with Gasteiger partial charge in [-0.3, -0.25) is 4.99 Å². The monoisotopic (exact) mass is 229 g/mol. The van der Waals surface area contributed by atoms with Crippen LogP contribution in [0.4, 0.5) is 5.69 Å². The Hall–Kier alpha value is -1.35. The first-order valence-electron chi connectivity index (χ1n) is 6.51. The van der Waals surface area contributed by atoms with Gasteiger partial charge in [0.05, 0.1) is 12.9 Å². The maximum atomic E-state index is 4.24. The molecule has 2 aliphatic rings. The number of rotatable bonds is 2. The summed E-state index contributed by atoms with van der Waals surface area (Å²) in [5.74, 6) is 0.699. The number of hydrogen-bond donors (Lipinski definition) is 1. The molecule has 0 bridgehead atoms. The summed E-state index contributed by atoms with van der Waals surface area (Å²) in [5.41, 5.74) is 2.73. The quantitative estimate of drug-likeness (QED) is 0.840. The van der Waals surface area contributed by atoms with Crippen LogP contribution in [-0.4, -0.2) is 32.5 Å². The van der Waals surface area contributed by atoms with Crippen LogP contribution in [0, 0.1) is 0 Å². The van der Waals surface area contributed by atoms with Gasteiger partial charge in [-0.1, -0.05) is 12.1 Å². The van der Waals surface area contributed by atoms with E-state index in [1.807, 2.05) is 6.34 Å². The van der Waals surface area contributed by atoms with Crippen LogP contribution in [0.2, 0.25) is 0 Å². The average molecular weight is 229 g/mol. The van der Waals surface area contributed by atoms with Gasteiger partial charge in [-0.05, 0) is 43.0 Å². The van der Waals surface area contributed by atoms with Crippen LogP contribution in [0.5, 0.6) is 0 Å². The number of hydrogen-bond acceptors (Lipinski definition) is 3. The van der Waals surface area contributed by atoms with Crippen LogP contribution in [0.25, 0.3) is 0 Å². The van der Waals surface area contributed by atoms with E-state index in [1.165, 1.54) is 30.6 Å². The van der Waals surface area contributed by atoms with Crippen molar-refractivity contribution < 1.29 is 0 Å². The molecule has 2 heterocycles. The van der Waals surface area contributed by atoms with Gasteiger partial charge in [-0.25, -0.2) is 0 Å². The molecule has 0 amide bonds. The molecular formula is C14H19N3.